The highest BCUT2D eigenvalue weighted by Crippen LogP contribution is 2.20. The Morgan fingerprint density at radius 1 is 0.370 bits per heavy atom. The van der Waals surface area contributed by atoms with E-state index in [1.54, 1.807) is 0 Å². The lowest BCUT2D eigenvalue weighted by molar-refractivity contribution is -0.149. The fraction of sp³-hybridized carbons (Fsp3) is 0.936. The zero-order valence-electron chi connectivity index (χ0n) is 36.4. The molecule has 0 saturated carbocycles. The Hall–Kier alpha value is -0.690. The summed E-state index contributed by atoms with van der Waals surface area (Å²) in [5, 5.41) is 0. The maximum Gasteiger partial charge on any atom is 0.306 e. The minimum atomic E-state index is -0.0440. The van der Waals surface area contributed by atoms with E-state index in [1.807, 2.05) is 23.5 Å². The summed E-state index contributed by atoms with van der Waals surface area (Å²) in [5.74, 6) is 4.24. The molecule has 54 heavy (non-hydrogen) atoms. The number of esters is 2. The molecule has 0 fully saturated rings. The van der Waals surface area contributed by atoms with Crippen LogP contribution >= 0.6 is 23.5 Å². The SMILES string of the molecule is CCCCCCCCCC(=O)OC(CCCCC(=O)CCCCC(CSCCCCCCC)OC(=O)CCCCCCCCC)CSCCCCCCC. The van der Waals surface area contributed by atoms with Crippen LogP contribution in [0, 0.1) is 0 Å². The summed E-state index contributed by atoms with van der Waals surface area (Å²) < 4.78 is 12.0. The number of ketones is 1. The summed E-state index contributed by atoms with van der Waals surface area (Å²) in [6, 6.07) is 0. The molecule has 0 N–H and O–H groups in total. The molecular weight excluding hydrogens is 709 g/mol. The molecule has 0 aromatic carbocycles. The maximum absolute atomic E-state index is 12.8. The second-order valence-corrected chi connectivity index (χ2v) is 18.3. The number of hydrogen-bond donors (Lipinski definition) is 0. The molecule has 0 bridgehead atoms. The Bertz CT molecular complexity index is 758. The molecule has 320 valence electrons. The molecule has 0 spiro atoms. The summed E-state index contributed by atoms with van der Waals surface area (Å²) in [6.07, 6.45) is 37.1. The van der Waals surface area contributed by atoms with Crippen molar-refractivity contribution in [1.82, 2.24) is 0 Å². The lowest BCUT2D eigenvalue weighted by Crippen LogP contribution is -2.21. The van der Waals surface area contributed by atoms with E-state index in [4.69, 9.17) is 9.47 Å². The van der Waals surface area contributed by atoms with Crippen molar-refractivity contribution in [2.75, 3.05) is 23.0 Å². The van der Waals surface area contributed by atoms with Gasteiger partial charge >= 0.3 is 11.9 Å². The first-order valence-electron chi connectivity index (χ1n) is 23.5. The molecule has 0 aromatic rings. The van der Waals surface area contributed by atoms with Crippen molar-refractivity contribution in [2.24, 2.45) is 0 Å². The monoisotopic (exact) mass is 799 g/mol. The second kappa shape index (κ2) is 43.4. The molecule has 0 aromatic heterocycles. The van der Waals surface area contributed by atoms with E-state index in [1.165, 1.54) is 128 Å². The van der Waals surface area contributed by atoms with Crippen molar-refractivity contribution in [1.29, 1.82) is 0 Å². The molecule has 0 aliphatic rings. The van der Waals surface area contributed by atoms with Crippen LogP contribution in [0.3, 0.4) is 0 Å². The van der Waals surface area contributed by atoms with Gasteiger partial charge in [-0.15, -0.1) is 0 Å². The van der Waals surface area contributed by atoms with E-state index in [0.29, 0.717) is 31.5 Å². The third-order valence-electron chi connectivity index (χ3n) is 10.4. The largest absolute Gasteiger partial charge is 0.461 e. The molecular formula is C47H90O5S2. The van der Waals surface area contributed by atoms with Crippen LogP contribution in [0.1, 0.15) is 246 Å². The predicted octanol–water partition coefficient (Wildman–Crippen LogP) is 15.2. The first kappa shape index (κ1) is 53.3. The van der Waals surface area contributed by atoms with Crippen molar-refractivity contribution in [3.63, 3.8) is 0 Å². The minimum Gasteiger partial charge on any atom is -0.461 e. The number of carbonyl (C=O) groups is 3. The summed E-state index contributed by atoms with van der Waals surface area (Å²) >= 11 is 3.85. The van der Waals surface area contributed by atoms with Crippen molar-refractivity contribution >= 4 is 41.2 Å². The zero-order valence-corrected chi connectivity index (χ0v) is 38.0. The third-order valence-corrected chi connectivity index (χ3v) is 12.8. The van der Waals surface area contributed by atoms with Gasteiger partial charge in [-0.3, -0.25) is 14.4 Å². The van der Waals surface area contributed by atoms with Gasteiger partial charge in [0, 0.05) is 37.2 Å². The number of unbranched alkanes of at least 4 members (excludes halogenated alkanes) is 22. The van der Waals surface area contributed by atoms with Gasteiger partial charge in [0.2, 0.25) is 0 Å². The smallest absolute Gasteiger partial charge is 0.306 e. The summed E-state index contributed by atoms with van der Waals surface area (Å²) in [4.78, 5) is 38.2. The van der Waals surface area contributed by atoms with Gasteiger partial charge in [-0.25, -0.2) is 0 Å². The Balaban J connectivity index is 4.56. The highest BCUT2D eigenvalue weighted by atomic mass is 32.2. The molecule has 0 saturated heterocycles. The third kappa shape index (κ3) is 39.5. The molecule has 7 heteroatoms. The first-order valence-corrected chi connectivity index (χ1v) is 25.8. The van der Waals surface area contributed by atoms with Crippen molar-refractivity contribution in [3.8, 4) is 0 Å². The van der Waals surface area contributed by atoms with Gasteiger partial charge in [-0.2, -0.15) is 23.5 Å². The van der Waals surface area contributed by atoms with Crippen LogP contribution in [0.25, 0.3) is 0 Å². The van der Waals surface area contributed by atoms with Crippen LogP contribution in [0.4, 0.5) is 0 Å². The topological polar surface area (TPSA) is 69.7 Å². The van der Waals surface area contributed by atoms with E-state index in [2.05, 4.69) is 27.7 Å². The Kier molecular flexibility index (Phi) is 42.9. The Labute approximate surface area is 344 Å². The van der Waals surface area contributed by atoms with E-state index < -0.39 is 0 Å². The van der Waals surface area contributed by atoms with Gasteiger partial charge in [0.05, 0.1) is 0 Å². The molecule has 2 unspecified atom stereocenters. The number of rotatable bonds is 44. The maximum atomic E-state index is 12.8. The lowest BCUT2D eigenvalue weighted by Gasteiger charge is -2.18. The van der Waals surface area contributed by atoms with Crippen LogP contribution < -0.4 is 0 Å². The molecule has 0 radical (unpaired) electrons. The zero-order chi connectivity index (χ0) is 39.6. The number of hydrogen-bond acceptors (Lipinski definition) is 7. The van der Waals surface area contributed by atoms with E-state index >= 15 is 0 Å². The van der Waals surface area contributed by atoms with Crippen LogP contribution in [-0.4, -0.2) is 52.9 Å². The number of carbonyl (C=O) groups excluding carboxylic acids is 3. The van der Waals surface area contributed by atoms with E-state index in [0.717, 1.165) is 87.2 Å². The predicted molar refractivity (Wildman–Crippen MR) is 239 cm³/mol. The fourth-order valence-corrected chi connectivity index (χ4v) is 9.00. The van der Waals surface area contributed by atoms with Gasteiger partial charge in [-0.1, -0.05) is 156 Å². The molecule has 0 aliphatic heterocycles. The fourth-order valence-electron chi connectivity index (χ4n) is 6.85. The van der Waals surface area contributed by atoms with Crippen LogP contribution in [0.2, 0.25) is 0 Å². The molecule has 2 atom stereocenters. The summed E-state index contributed by atoms with van der Waals surface area (Å²) in [6.45, 7) is 8.98. The average Bonchev–Trinajstić information content (AvgIpc) is 3.16. The molecule has 0 heterocycles. The van der Waals surface area contributed by atoms with Gasteiger partial charge in [0.25, 0.3) is 0 Å². The Morgan fingerprint density at radius 2 is 0.667 bits per heavy atom. The molecule has 5 nitrogen and oxygen atoms in total. The Morgan fingerprint density at radius 3 is 1.02 bits per heavy atom. The minimum absolute atomic E-state index is 0.0413. The second-order valence-electron chi connectivity index (χ2n) is 16.0. The van der Waals surface area contributed by atoms with Crippen LogP contribution in [0.15, 0.2) is 0 Å². The summed E-state index contributed by atoms with van der Waals surface area (Å²) in [7, 11) is 0. The highest BCUT2D eigenvalue weighted by molar-refractivity contribution is 7.99. The molecule has 0 rings (SSSR count). The lowest BCUT2D eigenvalue weighted by atomic mass is 10.0. The number of Topliss-reactive ketones (excluding diaryl/α,β-unsaturated/α-hetero) is 1. The first-order chi connectivity index (χ1) is 26.5. The summed E-state index contributed by atoms with van der Waals surface area (Å²) in [5.41, 5.74) is 0. The van der Waals surface area contributed by atoms with Crippen molar-refractivity contribution in [3.05, 3.63) is 0 Å². The van der Waals surface area contributed by atoms with Gasteiger partial charge in [0.15, 0.2) is 0 Å². The molecule has 0 amide bonds. The normalized spacial score (nSPS) is 12.5. The number of ether oxygens (including phenoxy) is 2. The quantitative estimate of drug-likeness (QED) is 0.0449. The van der Waals surface area contributed by atoms with Gasteiger partial charge in [0.1, 0.15) is 18.0 Å². The molecule has 0 aliphatic carbocycles. The van der Waals surface area contributed by atoms with E-state index in [-0.39, 0.29) is 24.1 Å². The standard InChI is InChI=1S/C47H90O5S2/c1-5-9-13-17-19-21-25-37-46(49)51-44(41-53-39-31-23-15-11-7-3)35-29-27-33-43(48)34-28-30-36-45(42-54-40-32-24-16-12-8-4)52-47(50)38-26-22-20-18-14-10-6-2/h44-45H,5-42H2,1-4H3. The average molecular weight is 799 g/mol. The van der Waals surface area contributed by atoms with Gasteiger partial charge in [-0.05, 0) is 75.7 Å². The van der Waals surface area contributed by atoms with Gasteiger partial charge < -0.3 is 9.47 Å². The van der Waals surface area contributed by atoms with Crippen LogP contribution in [-0.2, 0) is 23.9 Å². The van der Waals surface area contributed by atoms with Crippen molar-refractivity contribution < 1.29 is 23.9 Å². The van der Waals surface area contributed by atoms with Crippen molar-refractivity contribution in [2.45, 2.75) is 258 Å². The number of thioether (sulfide) groups is 2. The highest BCUT2D eigenvalue weighted by Gasteiger charge is 2.17. The van der Waals surface area contributed by atoms with E-state index in [9.17, 15) is 14.4 Å². The van der Waals surface area contributed by atoms with Crippen LogP contribution in [0.5, 0.6) is 0 Å².